The molecule has 5 rings (SSSR count). The van der Waals surface area contributed by atoms with Crippen molar-refractivity contribution in [3.05, 3.63) is 77.6 Å². The lowest BCUT2D eigenvalue weighted by molar-refractivity contribution is -0.120. The fourth-order valence-corrected chi connectivity index (χ4v) is 3.81. The van der Waals surface area contributed by atoms with E-state index in [9.17, 15) is 4.79 Å². The highest BCUT2D eigenvalue weighted by Crippen LogP contribution is 2.52. The molecule has 3 aliphatic rings. The first-order valence-corrected chi connectivity index (χ1v) is 9.28. The first kappa shape index (κ1) is 16.2. The molecule has 0 bridgehead atoms. The Morgan fingerprint density at radius 2 is 1.81 bits per heavy atom. The molecule has 4 heteroatoms. The van der Waals surface area contributed by atoms with Crippen LogP contribution >= 0.6 is 0 Å². The van der Waals surface area contributed by atoms with Crippen molar-refractivity contribution in [2.45, 2.75) is 31.1 Å². The summed E-state index contributed by atoms with van der Waals surface area (Å²) in [4.78, 5) is 13.1. The summed E-state index contributed by atoms with van der Waals surface area (Å²) in [5.74, 6) is 3.49. The first-order valence-electron chi connectivity index (χ1n) is 9.28. The molecule has 2 aromatic rings. The van der Waals surface area contributed by atoms with Crippen LogP contribution in [0.2, 0.25) is 0 Å². The summed E-state index contributed by atoms with van der Waals surface area (Å²) in [7, 11) is 0. The standard InChI is InChI=1S/C23H20O4/c24-22(13-16-6-8-19(12-16)27-18-4-2-1-3-5-18)23(10-11-23)17-7-9-20-21(14-17)26-15-25-20/h1-9,14H,10-13,15H2. The second-order valence-electron chi connectivity index (χ2n) is 7.30. The molecular formula is C23H20O4. The molecular weight excluding hydrogens is 340 g/mol. The molecule has 0 radical (unpaired) electrons. The lowest BCUT2D eigenvalue weighted by Gasteiger charge is -2.16. The molecule has 4 nitrogen and oxygen atoms in total. The predicted molar refractivity (Wildman–Crippen MR) is 101 cm³/mol. The van der Waals surface area contributed by atoms with Crippen molar-refractivity contribution in [2.75, 3.05) is 6.79 Å². The predicted octanol–water partition coefficient (Wildman–Crippen LogP) is 4.70. The Morgan fingerprint density at radius 3 is 2.63 bits per heavy atom. The minimum absolute atomic E-state index is 0.252. The van der Waals surface area contributed by atoms with E-state index in [0.717, 1.165) is 47.0 Å². The van der Waals surface area contributed by atoms with Crippen molar-refractivity contribution >= 4 is 5.78 Å². The van der Waals surface area contributed by atoms with Gasteiger partial charge in [-0.2, -0.15) is 0 Å². The van der Waals surface area contributed by atoms with E-state index < -0.39 is 0 Å². The average molecular weight is 360 g/mol. The molecule has 27 heavy (non-hydrogen) atoms. The van der Waals surface area contributed by atoms with Gasteiger partial charge in [-0.05, 0) is 48.7 Å². The monoisotopic (exact) mass is 360 g/mol. The van der Waals surface area contributed by atoms with Crippen LogP contribution in [0.3, 0.4) is 0 Å². The van der Waals surface area contributed by atoms with Gasteiger partial charge < -0.3 is 14.2 Å². The van der Waals surface area contributed by atoms with Crippen LogP contribution in [0, 0.1) is 0 Å². The number of hydrogen-bond acceptors (Lipinski definition) is 4. The second kappa shape index (κ2) is 6.31. The zero-order chi connectivity index (χ0) is 18.3. The van der Waals surface area contributed by atoms with Crippen LogP contribution in [0.25, 0.3) is 0 Å². The molecule has 0 saturated heterocycles. The van der Waals surface area contributed by atoms with Crippen LogP contribution in [0.1, 0.15) is 31.2 Å². The molecule has 0 aromatic heterocycles. The highest BCUT2D eigenvalue weighted by molar-refractivity contribution is 5.95. The molecule has 1 heterocycles. The number of fused-ring (bicyclic) bond motifs is 1. The lowest BCUT2D eigenvalue weighted by Crippen LogP contribution is -2.20. The number of rotatable bonds is 6. The smallest absolute Gasteiger partial charge is 0.231 e. The van der Waals surface area contributed by atoms with E-state index in [4.69, 9.17) is 14.2 Å². The third-order valence-electron chi connectivity index (χ3n) is 5.49. The fourth-order valence-electron chi connectivity index (χ4n) is 3.81. The number of Topliss-reactive ketones (excluding diaryl/α,β-unsaturated/α-hetero) is 1. The number of hydrogen-bond donors (Lipinski definition) is 0. The maximum absolute atomic E-state index is 13.1. The third kappa shape index (κ3) is 3.01. The summed E-state index contributed by atoms with van der Waals surface area (Å²) in [6, 6.07) is 15.6. The maximum Gasteiger partial charge on any atom is 0.231 e. The molecule has 1 saturated carbocycles. The minimum atomic E-state index is -0.356. The number of benzene rings is 2. The van der Waals surface area contributed by atoms with E-state index in [1.54, 1.807) is 0 Å². The molecule has 2 aliphatic carbocycles. The van der Waals surface area contributed by atoms with Crippen LogP contribution in [0.5, 0.6) is 17.2 Å². The van der Waals surface area contributed by atoms with Gasteiger partial charge in [-0.25, -0.2) is 0 Å². The molecule has 1 fully saturated rings. The van der Waals surface area contributed by atoms with Gasteiger partial charge in [-0.3, -0.25) is 4.79 Å². The molecule has 0 spiro atoms. The fraction of sp³-hybridized carbons (Fsp3) is 0.261. The van der Waals surface area contributed by atoms with Crippen LogP contribution < -0.4 is 14.2 Å². The highest BCUT2D eigenvalue weighted by atomic mass is 16.7. The topological polar surface area (TPSA) is 44.8 Å². The lowest BCUT2D eigenvalue weighted by atomic mass is 9.87. The largest absolute Gasteiger partial charge is 0.461 e. The zero-order valence-corrected chi connectivity index (χ0v) is 14.9. The van der Waals surface area contributed by atoms with E-state index in [2.05, 4.69) is 0 Å². The van der Waals surface area contributed by atoms with E-state index >= 15 is 0 Å². The van der Waals surface area contributed by atoms with Gasteiger partial charge in [0.25, 0.3) is 0 Å². The number of para-hydroxylation sites is 1. The Bertz CT molecular complexity index is 952. The van der Waals surface area contributed by atoms with Crippen molar-refractivity contribution in [1.29, 1.82) is 0 Å². The molecule has 0 unspecified atom stereocenters. The van der Waals surface area contributed by atoms with Gasteiger partial charge in [0.1, 0.15) is 17.3 Å². The summed E-state index contributed by atoms with van der Waals surface area (Å²) in [6.45, 7) is 0.252. The highest BCUT2D eigenvalue weighted by Gasteiger charge is 2.51. The Kier molecular flexibility index (Phi) is 3.78. The van der Waals surface area contributed by atoms with Crippen LogP contribution in [0.4, 0.5) is 0 Å². The first-order chi connectivity index (χ1) is 13.2. The summed E-state index contributed by atoms with van der Waals surface area (Å²) in [5.41, 5.74) is 1.80. The van der Waals surface area contributed by atoms with Crippen molar-refractivity contribution in [1.82, 2.24) is 0 Å². The van der Waals surface area contributed by atoms with E-state index in [1.807, 2.05) is 60.7 Å². The number of ether oxygens (including phenoxy) is 3. The summed E-state index contributed by atoms with van der Waals surface area (Å²) in [6.07, 6.45) is 6.95. The second-order valence-corrected chi connectivity index (χ2v) is 7.30. The minimum Gasteiger partial charge on any atom is -0.461 e. The maximum atomic E-state index is 13.1. The third-order valence-corrected chi connectivity index (χ3v) is 5.49. The Hall–Kier alpha value is -3.01. The van der Waals surface area contributed by atoms with Crippen LogP contribution in [-0.4, -0.2) is 12.6 Å². The van der Waals surface area contributed by atoms with Crippen molar-refractivity contribution in [3.63, 3.8) is 0 Å². The normalized spacial score (nSPS) is 18.7. The van der Waals surface area contributed by atoms with Gasteiger partial charge >= 0.3 is 0 Å². The molecule has 136 valence electrons. The van der Waals surface area contributed by atoms with E-state index in [-0.39, 0.29) is 18.0 Å². The number of carbonyl (C=O) groups is 1. The quantitative estimate of drug-likeness (QED) is 0.749. The van der Waals surface area contributed by atoms with Crippen molar-refractivity contribution < 1.29 is 19.0 Å². The zero-order valence-electron chi connectivity index (χ0n) is 14.9. The van der Waals surface area contributed by atoms with Gasteiger partial charge in [0.15, 0.2) is 11.5 Å². The van der Waals surface area contributed by atoms with Crippen molar-refractivity contribution in [3.8, 4) is 17.2 Å². The van der Waals surface area contributed by atoms with Crippen molar-refractivity contribution in [2.24, 2.45) is 0 Å². The molecule has 0 atom stereocenters. The van der Waals surface area contributed by atoms with Gasteiger partial charge in [0.2, 0.25) is 6.79 Å². The summed E-state index contributed by atoms with van der Waals surface area (Å²) >= 11 is 0. The molecule has 2 aromatic carbocycles. The number of carbonyl (C=O) groups excluding carboxylic acids is 1. The van der Waals surface area contributed by atoms with Crippen LogP contribution in [-0.2, 0) is 10.2 Å². The number of allylic oxidation sites excluding steroid dienone is 3. The molecule has 0 N–H and O–H groups in total. The van der Waals surface area contributed by atoms with Gasteiger partial charge in [-0.1, -0.05) is 35.9 Å². The van der Waals surface area contributed by atoms with Gasteiger partial charge in [0, 0.05) is 12.8 Å². The summed E-state index contributed by atoms with van der Waals surface area (Å²) < 4.78 is 16.7. The summed E-state index contributed by atoms with van der Waals surface area (Å²) in [5, 5.41) is 0. The molecule has 1 aliphatic heterocycles. The Morgan fingerprint density at radius 1 is 1.00 bits per heavy atom. The molecule has 0 amide bonds. The van der Waals surface area contributed by atoms with E-state index in [0.29, 0.717) is 12.8 Å². The Balaban J connectivity index is 1.24. The van der Waals surface area contributed by atoms with Crippen LogP contribution in [0.15, 0.2) is 72.0 Å². The number of ketones is 1. The average Bonchev–Trinajstić information content (AvgIpc) is 3.17. The van der Waals surface area contributed by atoms with Gasteiger partial charge in [-0.15, -0.1) is 0 Å². The van der Waals surface area contributed by atoms with E-state index in [1.165, 1.54) is 0 Å². The Labute approximate surface area is 158 Å². The SMILES string of the molecule is O=C(CC1=CC=C(Oc2ccccc2)C1)C1(c2ccc3c(c2)OCO3)CC1. The van der Waals surface area contributed by atoms with Gasteiger partial charge in [0.05, 0.1) is 5.41 Å².